The van der Waals surface area contributed by atoms with E-state index in [-0.39, 0.29) is 5.56 Å². The van der Waals surface area contributed by atoms with E-state index in [0.717, 1.165) is 20.9 Å². The Balaban J connectivity index is 2.32. The Morgan fingerprint density at radius 3 is 3.00 bits per heavy atom. The Kier molecular flexibility index (Phi) is 2.45. The first kappa shape index (κ1) is 11.0. The number of rotatable bonds is 2. The van der Waals surface area contributed by atoms with Crippen LogP contribution in [0.5, 0.6) is 0 Å². The number of carbonyl (C=O) groups is 1. The summed E-state index contributed by atoms with van der Waals surface area (Å²) in [5, 5.41) is 16.6. The Morgan fingerprint density at radius 2 is 2.22 bits per heavy atom. The summed E-state index contributed by atoms with van der Waals surface area (Å²) >= 11 is 3.47. The molecular formula is C12H8BrN3O2. The average molecular weight is 306 g/mol. The number of nitrogens with zero attached hydrogens (tertiary/aromatic N) is 1. The van der Waals surface area contributed by atoms with E-state index in [9.17, 15) is 4.79 Å². The summed E-state index contributed by atoms with van der Waals surface area (Å²) in [4.78, 5) is 14.2. The van der Waals surface area contributed by atoms with Gasteiger partial charge in [0, 0.05) is 27.1 Å². The summed E-state index contributed by atoms with van der Waals surface area (Å²) < 4.78 is 0.905. The number of halogens is 1. The first-order valence-electron chi connectivity index (χ1n) is 5.21. The monoisotopic (exact) mass is 305 g/mol. The molecule has 6 heteroatoms. The van der Waals surface area contributed by atoms with Crippen molar-refractivity contribution in [1.82, 2.24) is 15.2 Å². The molecule has 3 aromatic rings. The molecule has 0 bridgehead atoms. The lowest BCUT2D eigenvalue weighted by Crippen LogP contribution is -1.96. The minimum Gasteiger partial charge on any atom is -0.478 e. The van der Waals surface area contributed by atoms with Gasteiger partial charge in [-0.1, -0.05) is 22.0 Å². The van der Waals surface area contributed by atoms with Crippen molar-refractivity contribution >= 4 is 32.8 Å². The Morgan fingerprint density at radius 1 is 1.39 bits per heavy atom. The smallest absolute Gasteiger partial charge is 0.339 e. The van der Waals surface area contributed by atoms with Crippen molar-refractivity contribution in [2.45, 2.75) is 0 Å². The van der Waals surface area contributed by atoms with Crippen molar-refractivity contribution in [3.05, 3.63) is 40.6 Å². The second kappa shape index (κ2) is 3.99. The SMILES string of the molecule is O=C(O)c1cn[nH]c1-c1c[nH]c2cccc(Br)c12. The zero-order valence-electron chi connectivity index (χ0n) is 9.07. The maximum absolute atomic E-state index is 11.1. The minimum absolute atomic E-state index is 0.159. The molecule has 3 rings (SSSR count). The average Bonchev–Trinajstić information content (AvgIpc) is 2.94. The lowest BCUT2D eigenvalue weighted by molar-refractivity contribution is 0.0698. The molecule has 3 N–H and O–H groups in total. The van der Waals surface area contributed by atoms with Crippen molar-refractivity contribution in [3.63, 3.8) is 0 Å². The van der Waals surface area contributed by atoms with Crippen LogP contribution in [0.4, 0.5) is 0 Å². The second-order valence-electron chi connectivity index (χ2n) is 3.83. The quantitative estimate of drug-likeness (QED) is 0.680. The van der Waals surface area contributed by atoms with Crippen LogP contribution in [0.3, 0.4) is 0 Å². The predicted octanol–water partition coefficient (Wildman–Crippen LogP) is 3.02. The van der Waals surface area contributed by atoms with Gasteiger partial charge in [-0.2, -0.15) is 5.10 Å². The molecule has 18 heavy (non-hydrogen) atoms. The maximum Gasteiger partial charge on any atom is 0.339 e. The molecule has 0 fully saturated rings. The molecule has 1 aromatic carbocycles. The van der Waals surface area contributed by atoms with Crippen LogP contribution in [0.15, 0.2) is 35.1 Å². The van der Waals surface area contributed by atoms with E-state index >= 15 is 0 Å². The fourth-order valence-electron chi connectivity index (χ4n) is 1.99. The molecule has 0 aliphatic rings. The van der Waals surface area contributed by atoms with Crippen LogP contribution in [-0.2, 0) is 0 Å². The highest BCUT2D eigenvalue weighted by Gasteiger charge is 2.18. The molecular weight excluding hydrogens is 298 g/mol. The minimum atomic E-state index is -1.000. The lowest BCUT2D eigenvalue weighted by atomic mass is 10.1. The number of aromatic carboxylic acids is 1. The van der Waals surface area contributed by atoms with E-state index in [0.29, 0.717) is 5.69 Å². The van der Waals surface area contributed by atoms with Gasteiger partial charge in [-0.3, -0.25) is 5.10 Å². The van der Waals surface area contributed by atoms with Gasteiger partial charge in [0.05, 0.1) is 11.9 Å². The maximum atomic E-state index is 11.1. The van der Waals surface area contributed by atoms with Gasteiger partial charge < -0.3 is 10.1 Å². The molecule has 5 nitrogen and oxygen atoms in total. The topological polar surface area (TPSA) is 81.8 Å². The first-order valence-corrected chi connectivity index (χ1v) is 6.00. The number of nitrogens with one attached hydrogen (secondary N) is 2. The predicted molar refractivity (Wildman–Crippen MR) is 70.5 cm³/mol. The Labute approximate surface area is 110 Å². The van der Waals surface area contributed by atoms with Gasteiger partial charge >= 0.3 is 5.97 Å². The number of benzene rings is 1. The Bertz CT molecular complexity index is 745. The fraction of sp³-hybridized carbons (Fsp3) is 0. The van der Waals surface area contributed by atoms with Crippen molar-refractivity contribution in [3.8, 4) is 11.3 Å². The zero-order chi connectivity index (χ0) is 12.7. The van der Waals surface area contributed by atoms with E-state index in [1.807, 2.05) is 18.2 Å². The summed E-state index contributed by atoms with van der Waals surface area (Å²) in [6.07, 6.45) is 3.09. The summed E-state index contributed by atoms with van der Waals surface area (Å²) in [5.74, 6) is -1.000. The number of carboxylic acid groups (broad SMARTS) is 1. The number of aromatic amines is 2. The molecule has 0 saturated carbocycles. The van der Waals surface area contributed by atoms with Crippen LogP contribution in [0.1, 0.15) is 10.4 Å². The lowest BCUT2D eigenvalue weighted by Gasteiger charge is -2.00. The van der Waals surface area contributed by atoms with Crippen LogP contribution in [0, 0.1) is 0 Å². The summed E-state index contributed by atoms with van der Waals surface area (Å²) in [6.45, 7) is 0. The molecule has 0 spiro atoms. The van der Waals surface area contributed by atoms with Crippen LogP contribution in [0.25, 0.3) is 22.2 Å². The Hall–Kier alpha value is -2.08. The zero-order valence-corrected chi connectivity index (χ0v) is 10.7. The second-order valence-corrected chi connectivity index (χ2v) is 4.68. The fourth-order valence-corrected chi connectivity index (χ4v) is 2.57. The highest BCUT2D eigenvalue weighted by molar-refractivity contribution is 9.10. The summed E-state index contributed by atoms with van der Waals surface area (Å²) in [6, 6.07) is 5.76. The van der Waals surface area contributed by atoms with Crippen molar-refractivity contribution in [2.75, 3.05) is 0 Å². The third kappa shape index (κ3) is 1.53. The molecule has 2 heterocycles. The van der Waals surface area contributed by atoms with Crippen molar-refractivity contribution < 1.29 is 9.90 Å². The van der Waals surface area contributed by atoms with Crippen LogP contribution in [0.2, 0.25) is 0 Å². The largest absolute Gasteiger partial charge is 0.478 e. The van der Waals surface area contributed by atoms with Crippen LogP contribution < -0.4 is 0 Å². The van der Waals surface area contributed by atoms with Gasteiger partial charge in [0.1, 0.15) is 5.56 Å². The number of hydrogen-bond donors (Lipinski definition) is 3. The third-order valence-corrected chi connectivity index (χ3v) is 3.45. The normalized spacial score (nSPS) is 10.9. The highest BCUT2D eigenvalue weighted by Crippen LogP contribution is 2.34. The van der Waals surface area contributed by atoms with E-state index in [4.69, 9.17) is 5.11 Å². The molecule has 0 radical (unpaired) electrons. The van der Waals surface area contributed by atoms with E-state index in [2.05, 4.69) is 31.1 Å². The molecule has 0 atom stereocenters. The molecule has 0 unspecified atom stereocenters. The van der Waals surface area contributed by atoms with Gasteiger partial charge in [0.25, 0.3) is 0 Å². The number of hydrogen-bond acceptors (Lipinski definition) is 2. The summed E-state index contributed by atoms with van der Waals surface area (Å²) in [7, 11) is 0. The van der Waals surface area contributed by atoms with E-state index in [1.165, 1.54) is 6.20 Å². The molecule has 0 aliphatic carbocycles. The molecule has 90 valence electrons. The number of H-pyrrole nitrogens is 2. The first-order chi connectivity index (χ1) is 8.68. The van der Waals surface area contributed by atoms with Gasteiger partial charge in [-0.25, -0.2) is 4.79 Å². The van der Waals surface area contributed by atoms with Gasteiger partial charge in [0.15, 0.2) is 0 Å². The van der Waals surface area contributed by atoms with Gasteiger partial charge in [-0.05, 0) is 12.1 Å². The highest BCUT2D eigenvalue weighted by atomic mass is 79.9. The number of fused-ring (bicyclic) bond motifs is 1. The van der Waals surface area contributed by atoms with E-state index in [1.54, 1.807) is 6.20 Å². The number of aromatic nitrogens is 3. The molecule has 0 amide bonds. The third-order valence-electron chi connectivity index (χ3n) is 2.79. The molecule has 2 aromatic heterocycles. The standard InChI is InChI=1S/C12H8BrN3O2/c13-8-2-1-3-9-10(8)6(4-14-9)11-7(12(17)18)5-15-16-11/h1-5,14H,(H,15,16)(H,17,18). The van der Waals surface area contributed by atoms with Crippen molar-refractivity contribution in [1.29, 1.82) is 0 Å². The van der Waals surface area contributed by atoms with Gasteiger partial charge in [0.2, 0.25) is 0 Å². The van der Waals surface area contributed by atoms with Crippen LogP contribution >= 0.6 is 15.9 Å². The number of carboxylic acids is 1. The molecule has 0 saturated heterocycles. The van der Waals surface area contributed by atoms with Crippen LogP contribution in [-0.4, -0.2) is 26.3 Å². The van der Waals surface area contributed by atoms with E-state index < -0.39 is 5.97 Å². The summed E-state index contributed by atoms with van der Waals surface area (Å²) in [5.41, 5.74) is 2.38. The van der Waals surface area contributed by atoms with Gasteiger partial charge in [-0.15, -0.1) is 0 Å². The van der Waals surface area contributed by atoms with Crippen molar-refractivity contribution in [2.24, 2.45) is 0 Å². The molecule has 0 aliphatic heterocycles.